The molecule has 0 aliphatic carbocycles. The molecule has 0 saturated carbocycles. The van der Waals surface area contributed by atoms with E-state index in [0.29, 0.717) is 38.9 Å². The average Bonchev–Trinajstić information content (AvgIpc) is 3.46. The van der Waals surface area contributed by atoms with Crippen molar-refractivity contribution in [3.63, 3.8) is 0 Å². The molecule has 0 radical (unpaired) electrons. The number of carbonyl (C=O) groups is 3. The fourth-order valence-electron chi connectivity index (χ4n) is 4.47. The molecule has 2 aromatic carbocycles. The Kier molecular flexibility index (Phi) is 6.59. The van der Waals surface area contributed by atoms with Crippen molar-refractivity contribution in [1.29, 1.82) is 0 Å². The van der Waals surface area contributed by atoms with Crippen LogP contribution < -0.4 is 15.4 Å². The minimum atomic E-state index is -0.547. The molecule has 1 aromatic heterocycles. The Labute approximate surface area is 220 Å². The van der Waals surface area contributed by atoms with Crippen molar-refractivity contribution in [2.24, 2.45) is 0 Å². The van der Waals surface area contributed by atoms with Crippen molar-refractivity contribution in [2.45, 2.75) is 12.8 Å². The number of anilines is 1. The van der Waals surface area contributed by atoms with Gasteiger partial charge in [-0.05, 0) is 43.3 Å². The van der Waals surface area contributed by atoms with Gasteiger partial charge in [-0.3, -0.25) is 19.0 Å². The van der Waals surface area contributed by atoms with E-state index in [4.69, 9.17) is 4.74 Å². The number of fused-ring (bicyclic) bond motifs is 3. The van der Waals surface area contributed by atoms with E-state index in [1.54, 1.807) is 55.1 Å². The fraction of sp³-hybridized carbons (Fsp3) is 0.148. The summed E-state index contributed by atoms with van der Waals surface area (Å²) in [7, 11) is 1.54. The molecule has 7 nitrogen and oxygen atoms in total. The van der Waals surface area contributed by atoms with Crippen LogP contribution in [0.5, 0.6) is 5.75 Å². The Morgan fingerprint density at radius 2 is 1.86 bits per heavy atom. The van der Waals surface area contributed by atoms with E-state index >= 15 is 0 Å². The predicted molar refractivity (Wildman–Crippen MR) is 143 cm³/mol. The standard InChI is InChI=1S/C27H22BrN3O4S/c1-15-22(25(33)30-18-6-3-4-8-21(18)35-2)23-19-7-5-13-31(19)27(34)24(23)26(29-15)36-14-20(32)16-9-11-17(28)12-10-16/h3-13,23,29H,14H2,1-2H3,(H,30,33). The van der Waals surface area contributed by atoms with E-state index in [-0.39, 0.29) is 23.4 Å². The Balaban J connectivity index is 1.46. The van der Waals surface area contributed by atoms with Gasteiger partial charge in [-0.15, -0.1) is 0 Å². The van der Waals surface area contributed by atoms with E-state index < -0.39 is 5.92 Å². The van der Waals surface area contributed by atoms with Crippen LogP contribution in [0, 0.1) is 0 Å². The number of para-hydroxylation sites is 2. The second-order valence-corrected chi connectivity index (χ2v) is 10.2. The molecule has 0 spiro atoms. The maximum absolute atomic E-state index is 13.5. The molecule has 0 bridgehead atoms. The highest BCUT2D eigenvalue weighted by molar-refractivity contribution is 9.10. The SMILES string of the molecule is COc1ccccc1NC(=O)C1=C(C)NC(SCC(=O)c2ccc(Br)cc2)=C2C(=O)n3cccc3C12. The summed E-state index contributed by atoms with van der Waals surface area (Å²) in [5.74, 6) is -0.444. The van der Waals surface area contributed by atoms with Crippen LogP contribution in [0.25, 0.3) is 0 Å². The minimum Gasteiger partial charge on any atom is -0.495 e. The van der Waals surface area contributed by atoms with Gasteiger partial charge in [-0.25, -0.2) is 0 Å². The van der Waals surface area contributed by atoms with Crippen molar-refractivity contribution >= 4 is 51.0 Å². The number of nitrogens with zero attached hydrogens (tertiary/aromatic N) is 1. The highest BCUT2D eigenvalue weighted by atomic mass is 79.9. The number of hydrogen-bond donors (Lipinski definition) is 2. The van der Waals surface area contributed by atoms with Crippen LogP contribution in [-0.2, 0) is 4.79 Å². The zero-order chi connectivity index (χ0) is 25.4. The van der Waals surface area contributed by atoms with Crippen LogP contribution in [-0.4, -0.2) is 35.0 Å². The van der Waals surface area contributed by atoms with Crippen LogP contribution in [0.2, 0.25) is 0 Å². The smallest absolute Gasteiger partial charge is 0.261 e. The molecule has 5 rings (SSSR count). The van der Waals surface area contributed by atoms with E-state index in [1.165, 1.54) is 11.8 Å². The first-order valence-corrected chi connectivity index (χ1v) is 13.0. The van der Waals surface area contributed by atoms with E-state index in [1.807, 2.05) is 30.3 Å². The van der Waals surface area contributed by atoms with Gasteiger partial charge >= 0.3 is 0 Å². The number of Topliss-reactive ketones (excluding diaryl/α,β-unsaturated/α-hetero) is 1. The van der Waals surface area contributed by atoms with Crippen molar-refractivity contribution < 1.29 is 19.1 Å². The monoisotopic (exact) mass is 563 g/mol. The Morgan fingerprint density at radius 3 is 2.61 bits per heavy atom. The zero-order valence-electron chi connectivity index (χ0n) is 19.5. The molecule has 2 N–H and O–H groups in total. The van der Waals surface area contributed by atoms with Gasteiger partial charge in [0.25, 0.3) is 11.8 Å². The number of aromatic nitrogens is 1. The quantitative estimate of drug-likeness (QED) is 0.377. The maximum Gasteiger partial charge on any atom is 0.261 e. The summed E-state index contributed by atoms with van der Waals surface area (Å²) < 4.78 is 7.83. The van der Waals surface area contributed by atoms with Gasteiger partial charge in [0.2, 0.25) is 0 Å². The largest absolute Gasteiger partial charge is 0.495 e. The number of thioether (sulfide) groups is 1. The number of halogens is 1. The topological polar surface area (TPSA) is 89.4 Å². The normalized spacial score (nSPS) is 16.4. The highest BCUT2D eigenvalue weighted by Crippen LogP contribution is 2.46. The molecule has 36 heavy (non-hydrogen) atoms. The number of allylic oxidation sites excluding steroid dienone is 2. The number of dihydropyridines is 1. The first kappa shape index (κ1) is 24.1. The first-order chi connectivity index (χ1) is 17.4. The summed E-state index contributed by atoms with van der Waals surface area (Å²) in [5, 5.41) is 6.76. The lowest BCUT2D eigenvalue weighted by Crippen LogP contribution is -2.30. The molecular formula is C27H22BrN3O4S. The summed E-state index contributed by atoms with van der Waals surface area (Å²) in [6, 6.07) is 18.0. The van der Waals surface area contributed by atoms with Gasteiger partial charge in [-0.1, -0.05) is 52.0 Å². The second-order valence-electron chi connectivity index (χ2n) is 8.32. The number of ketones is 1. The molecule has 1 unspecified atom stereocenters. The molecule has 1 atom stereocenters. The van der Waals surface area contributed by atoms with Crippen molar-refractivity contribution in [1.82, 2.24) is 9.88 Å². The third-order valence-electron chi connectivity index (χ3n) is 6.17. The van der Waals surface area contributed by atoms with Gasteiger partial charge < -0.3 is 15.4 Å². The number of hydrogen-bond acceptors (Lipinski definition) is 6. The number of ether oxygens (including phenoxy) is 1. The van der Waals surface area contributed by atoms with Gasteiger partial charge in [0.15, 0.2) is 5.78 Å². The Hall–Kier alpha value is -3.56. The molecule has 182 valence electrons. The van der Waals surface area contributed by atoms with E-state index in [2.05, 4.69) is 26.6 Å². The fourth-order valence-corrected chi connectivity index (χ4v) is 5.76. The Bertz CT molecular complexity index is 1460. The van der Waals surface area contributed by atoms with Gasteiger partial charge in [0, 0.05) is 33.2 Å². The summed E-state index contributed by atoms with van der Waals surface area (Å²) in [6.07, 6.45) is 1.70. The number of amides is 1. The molecule has 1 amide bonds. The van der Waals surface area contributed by atoms with E-state index in [9.17, 15) is 14.4 Å². The lowest BCUT2D eigenvalue weighted by molar-refractivity contribution is -0.113. The third kappa shape index (κ3) is 4.29. The van der Waals surface area contributed by atoms with Crippen molar-refractivity contribution in [2.75, 3.05) is 18.2 Å². The number of benzene rings is 2. The maximum atomic E-state index is 13.5. The predicted octanol–water partition coefficient (Wildman–Crippen LogP) is 5.34. The number of methoxy groups -OCH3 is 1. The molecule has 3 heterocycles. The van der Waals surface area contributed by atoms with Gasteiger partial charge in [0.05, 0.1) is 35.1 Å². The lowest BCUT2D eigenvalue weighted by Gasteiger charge is -2.27. The Morgan fingerprint density at radius 1 is 1.11 bits per heavy atom. The lowest BCUT2D eigenvalue weighted by atomic mass is 9.86. The summed E-state index contributed by atoms with van der Waals surface area (Å²) in [6.45, 7) is 1.81. The van der Waals surface area contributed by atoms with Gasteiger partial charge in [-0.2, -0.15) is 0 Å². The van der Waals surface area contributed by atoms with Crippen LogP contribution in [0.4, 0.5) is 5.69 Å². The highest BCUT2D eigenvalue weighted by Gasteiger charge is 2.44. The summed E-state index contributed by atoms with van der Waals surface area (Å²) in [5.41, 5.74) is 3.39. The van der Waals surface area contributed by atoms with Crippen LogP contribution in [0.3, 0.4) is 0 Å². The van der Waals surface area contributed by atoms with Crippen LogP contribution in [0.15, 0.2) is 93.2 Å². The summed E-state index contributed by atoms with van der Waals surface area (Å²) >= 11 is 4.65. The molecular weight excluding hydrogens is 542 g/mol. The van der Waals surface area contributed by atoms with Crippen molar-refractivity contribution in [3.05, 3.63) is 104 Å². The second kappa shape index (κ2) is 9.83. The van der Waals surface area contributed by atoms with E-state index in [0.717, 1.165) is 10.2 Å². The molecule has 0 fully saturated rings. The summed E-state index contributed by atoms with van der Waals surface area (Å²) in [4.78, 5) is 39.7. The molecule has 9 heteroatoms. The first-order valence-electron chi connectivity index (χ1n) is 11.2. The zero-order valence-corrected chi connectivity index (χ0v) is 21.9. The molecule has 0 saturated heterocycles. The average molecular weight is 564 g/mol. The minimum absolute atomic E-state index is 0.0506. The molecule has 3 aromatic rings. The van der Waals surface area contributed by atoms with Gasteiger partial charge in [0.1, 0.15) is 5.75 Å². The van der Waals surface area contributed by atoms with Crippen LogP contribution in [0.1, 0.15) is 33.7 Å². The third-order valence-corrected chi connectivity index (χ3v) is 7.71. The molecule has 2 aliphatic heterocycles. The molecule has 2 aliphatic rings. The van der Waals surface area contributed by atoms with Crippen molar-refractivity contribution in [3.8, 4) is 5.75 Å². The van der Waals surface area contributed by atoms with Crippen LogP contribution >= 0.6 is 27.7 Å². The number of rotatable bonds is 7. The number of carbonyl (C=O) groups excluding carboxylic acids is 3. The number of nitrogens with one attached hydrogen (secondary N) is 2.